The molecule has 1 saturated heterocycles. The van der Waals surface area contributed by atoms with Crippen LogP contribution in [0.15, 0.2) is 42.7 Å². The molecule has 2 aromatic rings. The summed E-state index contributed by atoms with van der Waals surface area (Å²) >= 11 is 0. The molecule has 3 rings (SSSR count). The molecule has 0 aliphatic carbocycles. The van der Waals surface area contributed by atoms with Crippen molar-refractivity contribution in [3.05, 3.63) is 59.7 Å². The quantitative estimate of drug-likeness (QED) is 0.869. The predicted molar refractivity (Wildman–Crippen MR) is 84.5 cm³/mol. The summed E-state index contributed by atoms with van der Waals surface area (Å²) in [5, 5.41) is 0. The summed E-state index contributed by atoms with van der Waals surface area (Å²) in [6, 6.07) is 9.10. The Labute approximate surface area is 131 Å². The van der Waals surface area contributed by atoms with Crippen molar-refractivity contribution in [2.45, 2.75) is 31.6 Å². The highest BCUT2D eigenvalue weighted by molar-refractivity contribution is 7.88. The van der Waals surface area contributed by atoms with Gasteiger partial charge in [-0.2, -0.15) is 4.31 Å². The zero-order chi connectivity index (χ0) is 15.6. The van der Waals surface area contributed by atoms with E-state index in [1.54, 1.807) is 16.7 Å². The van der Waals surface area contributed by atoms with Gasteiger partial charge in [-0.1, -0.05) is 30.3 Å². The summed E-state index contributed by atoms with van der Waals surface area (Å²) in [6.45, 7) is 2.42. The van der Waals surface area contributed by atoms with E-state index in [-0.39, 0.29) is 11.8 Å². The Morgan fingerprint density at radius 2 is 2.00 bits per heavy atom. The Morgan fingerprint density at radius 3 is 2.73 bits per heavy atom. The molecule has 0 N–H and O–H groups in total. The summed E-state index contributed by atoms with van der Waals surface area (Å²) in [5.74, 6) is 0.0313. The van der Waals surface area contributed by atoms with Crippen LogP contribution in [0.2, 0.25) is 0 Å². The number of benzene rings is 1. The molecule has 0 amide bonds. The largest absolute Gasteiger partial charge is 0.261 e. The number of rotatable bonds is 4. The van der Waals surface area contributed by atoms with E-state index in [9.17, 15) is 8.42 Å². The fourth-order valence-corrected chi connectivity index (χ4v) is 4.67. The van der Waals surface area contributed by atoms with Crippen molar-refractivity contribution in [2.75, 3.05) is 6.54 Å². The van der Waals surface area contributed by atoms with Crippen LogP contribution in [0.4, 0.5) is 0 Å². The van der Waals surface area contributed by atoms with Gasteiger partial charge in [-0.05, 0) is 25.3 Å². The Hall–Kier alpha value is -1.79. The maximum atomic E-state index is 12.7. The summed E-state index contributed by atoms with van der Waals surface area (Å²) in [5.41, 5.74) is 2.36. The highest BCUT2D eigenvalue weighted by Gasteiger charge is 2.36. The monoisotopic (exact) mass is 317 g/mol. The van der Waals surface area contributed by atoms with Gasteiger partial charge in [0.05, 0.1) is 29.4 Å². The highest BCUT2D eigenvalue weighted by atomic mass is 32.2. The first-order valence-electron chi connectivity index (χ1n) is 7.38. The third-order valence-corrected chi connectivity index (χ3v) is 5.72. The molecule has 5 nitrogen and oxygen atoms in total. The Morgan fingerprint density at radius 1 is 1.23 bits per heavy atom. The normalized spacial score (nSPS) is 19.4. The molecular weight excluding hydrogens is 298 g/mol. The van der Waals surface area contributed by atoms with E-state index >= 15 is 0 Å². The second kappa shape index (κ2) is 6.14. The maximum absolute atomic E-state index is 12.7. The molecule has 0 saturated carbocycles. The fraction of sp³-hybridized carbons (Fsp3) is 0.375. The van der Waals surface area contributed by atoms with Crippen LogP contribution >= 0.6 is 0 Å². The lowest BCUT2D eigenvalue weighted by Crippen LogP contribution is -2.32. The van der Waals surface area contributed by atoms with E-state index in [0.717, 1.165) is 29.8 Å². The second-order valence-corrected chi connectivity index (χ2v) is 7.52. The fourth-order valence-electron chi connectivity index (χ4n) is 2.88. The molecule has 1 aliphatic heterocycles. The number of aromatic nitrogens is 2. The van der Waals surface area contributed by atoms with Crippen LogP contribution in [0.1, 0.15) is 35.8 Å². The number of sulfonamides is 1. The van der Waals surface area contributed by atoms with E-state index in [1.807, 2.05) is 37.3 Å². The number of nitrogens with zero attached hydrogens (tertiary/aromatic N) is 3. The van der Waals surface area contributed by atoms with Crippen molar-refractivity contribution < 1.29 is 8.42 Å². The van der Waals surface area contributed by atoms with Gasteiger partial charge < -0.3 is 0 Å². The van der Waals surface area contributed by atoms with Gasteiger partial charge in [0, 0.05) is 12.7 Å². The smallest absolute Gasteiger partial charge is 0.218 e. The van der Waals surface area contributed by atoms with Crippen LogP contribution in [-0.2, 0) is 15.8 Å². The Balaban J connectivity index is 1.86. The topological polar surface area (TPSA) is 63.2 Å². The third-order valence-electron chi connectivity index (χ3n) is 3.87. The number of hydrogen-bond donors (Lipinski definition) is 0. The molecule has 1 aromatic carbocycles. The van der Waals surface area contributed by atoms with E-state index in [4.69, 9.17) is 0 Å². The number of aryl methyl sites for hydroxylation is 1. The van der Waals surface area contributed by atoms with E-state index in [0.29, 0.717) is 6.54 Å². The van der Waals surface area contributed by atoms with Gasteiger partial charge in [-0.3, -0.25) is 9.97 Å². The summed E-state index contributed by atoms with van der Waals surface area (Å²) in [4.78, 5) is 8.60. The van der Waals surface area contributed by atoms with E-state index < -0.39 is 10.0 Å². The van der Waals surface area contributed by atoms with Crippen molar-refractivity contribution in [1.82, 2.24) is 14.3 Å². The van der Waals surface area contributed by atoms with Crippen molar-refractivity contribution in [1.29, 1.82) is 0 Å². The number of hydrogen-bond acceptors (Lipinski definition) is 4. The van der Waals surface area contributed by atoms with Crippen LogP contribution in [-0.4, -0.2) is 29.2 Å². The average molecular weight is 317 g/mol. The van der Waals surface area contributed by atoms with Gasteiger partial charge in [-0.15, -0.1) is 0 Å². The molecule has 0 unspecified atom stereocenters. The van der Waals surface area contributed by atoms with Crippen LogP contribution in [0.3, 0.4) is 0 Å². The van der Waals surface area contributed by atoms with Crippen molar-refractivity contribution in [3.63, 3.8) is 0 Å². The molecule has 0 spiro atoms. The predicted octanol–water partition coefficient (Wildman–Crippen LogP) is 2.45. The lowest BCUT2D eigenvalue weighted by molar-refractivity contribution is 0.388. The van der Waals surface area contributed by atoms with Crippen LogP contribution in [0, 0.1) is 6.92 Å². The maximum Gasteiger partial charge on any atom is 0.218 e. The lowest BCUT2D eigenvalue weighted by Gasteiger charge is -2.23. The van der Waals surface area contributed by atoms with Gasteiger partial charge in [0.2, 0.25) is 10.0 Å². The van der Waals surface area contributed by atoms with Crippen molar-refractivity contribution in [3.8, 4) is 0 Å². The first kappa shape index (κ1) is 15.1. The molecule has 0 bridgehead atoms. The molecule has 0 radical (unpaired) electrons. The second-order valence-electron chi connectivity index (χ2n) is 5.60. The van der Waals surface area contributed by atoms with Crippen molar-refractivity contribution >= 4 is 10.0 Å². The zero-order valence-electron chi connectivity index (χ0n) is 12.5. The molecule has 1 aliphatic rings. The van der Waals surface area contributed by atoms with Gasteiger partial charge >= 0.3 is 0 Å². The summed E-state index contributed by atoms with van der Waals surface area (Å²) in [7, 11) is -3.36. The standard InChI is InChI=1S/C16H19N3O2S/c1-13-10-17-11-15(18-13)16-8-5-9-19(16)22(20,21)12-14-6-3-2-4-7-14/h2-4,6-7,10-11,16H,5,8-9,12H2,1H3/t16-/m1/s1. The third kappa shape index (κ3) is 3.18. The van der Waals surface area contributed by atoms with Gasteiger partial charge in [0.25, 0.3) is 0 Å². The Kier molecular flexibility index (Phi) is 4.22. The minimum Gasteiger partial charge on any atom is -0.261 e. The van der Waals surface area contributed by atoms with Crippen LogP contribution in [0.25, 0.3) is 0 Å². The molecule has 116 valence electrons. The molecule has 6 heteroatoms. The lowest BCUT2D eigenvalue weighted by atomic mass is 10.2. The van der Waals surface area contributed by atoms with E-state index in [1.165, 1.54) is 0 Å². The van der Waals surface area contributed by atoms with E-state index in [2.05, 4.69) is 9.97 Å². The molecule has 2 heterocycles. The average Bonchev–Trinajstić information content (AvgIpc) is 2.98. The Bertz CT molecular complexity index is 747. The molecule has 1 aromatic heterocycles. The SMILES string of the molecule is Cc1cncc([C@H]2CCCN2S(=O)(=O)Cc2ccccc2)n1. The first-order chi connectivity index (χ1) is 10.6. The van der Waals surface area contributed by atoms with Crippen LogP contribution < -0.4 is 0 Å². The first-order valence-corrected chi connectivity index (χ1v) is 8.99. The van der Waals surface area contributed by atoms with Crippen LogP contribution in [0.5, 0.6) is 0 Å². The zero-order valence-corrected chi connectivity index (χ0v) is 13.3. The summed E-state index contributed by atoms with van der Waals surface area (Å²) in [6.07, 6.45) is 5.01. The van der Waals surface area contributed by atoms with Gasteiger partial charge in [-0.25, -0.2) is 8.42 Å². The van der Waals surface area contributed by atoms with Gasteiger partial charge in [0.15, 0.2) is 0 Å². The minimum atomic E-state index is -3.36. The molecule has 22 heavy (non-hydrogen) atoms. The molecule has 1 fully saturated rings. The van der Waals surface area contributed by atoms with Gasteiger partial charge in [0.1, 0.15) is 0 Å². The molecular formula is C16H19N3O2S. The summed E-state index contributed by atoms with van der Waals surface area (Å²) < 4.78 is 27.1. The highest BCUT2D eigenvalue weighted by Crippen LogP contribution is 2.34. The van der Waals surface area contributed by atoms with Crippen molar-refractivity contribution in [2.24, 2.45) is 0 Å². The minimum absolute atomic E-state index is 0.0313. The molecule has 1 atom stereocenters.